The van der Waals surface area contributed by atoms with E-state index >= 15 is 4.39 Å². The van der Waals surface area contributed by atoms with E-state index in [2.05, 4.69) is 20.9 Å². The van der Waals surface area contributed by atoms with Gasteiger partial charge in [-0.25, -0.2) is 19.0 Å². The lowest BCUT2D eigenvalue weighted by Crippen LogP contribution is -2.55. The van der Waals surface area contributed by atoms with Crippen molar-refractivity contribution in [1.82, 2.24) is 4.90 Å². The number of amidine groups is 1. The molecule has 1 aromatic carbocycles. The summed E-state index contributed by atoms with van der Waals surface area (Å²) in [6.45, 7) is 9.02. The molecule has 0 aromatic heterocycles. The molecular weight excluding hydrogens is 584 g/mol. The predicted octanol–water partition coefficient (Wildman–Crippen LogP) is 7.03. The van der Waals surface area contributed by atoms with Gasteiger partial charge in [0.15, 0.2) is 11.3 Å². The molecule has 2 amide bonds. The summed E-state index contributed by atoms with van der Waals surface area (Å²) in [5.41, 5.74) is -3.62. The number of fused-ring (bicyclic) bond motifs is 1. The van der Waals surface area contributed by atoms with Crippen LogP contribution in [0.15, 0.2) is 27.7 Å². The number of carbonyl (C=O) groups is 2. The number of amides is 2. The fraction of sp³-hybridized carbons (Fsp3) is 0.625. The van der Waals surface area contributed by atoms with Crippen molar-refractivity contribution in [3.8, 4) is 0 Å². The maximum atomic E-state index is 15.2. The maximum Gasteiger partial charge on any atom is 0.426 e. The highest BCUT2D eigenvalue weighted by Crippen LogP contribution is 2.50. The third-order valence-corrected chi connectivity index (χ3v) is 7.08. The van der Waals surface area contributed by atoms with E-state index in [1.54, 1.807) is 41.5 Å². The summed E-state index contributed by atoms with van der Waals surface area (Å²) in [7, 11) is 0. The Hall–Kier alpha value is -1.86. The van der Waals surface area contributed by atoms with Crippen molar-refractivity contribution in [2.75, 3.05) is 12.4 Å². The van der Waals surface area contributed by atoms with Crippen LogP contribution < -0.4 is 0 Å². The van der Waals surface area contributed by atoms with E-state index in [1.807, 2.05) is 0 Å². The molecule has 0 aliphatic carbocycles. The Kier molecular flexibility index (Phi) is 8.32. The van der Waals surface area contributed by atoms with Crippen LogP contribution in [0.2, 0.25) is 0 Å². The highest BCUT2D eigenvalue weighted by Gasteiger charge is 2.56. The first-order valence-electron chi connectivity index (χ1n) is 11.4. The third-order valence-electron chi connectivity index (χ3n) is 5.49. The Morgan fingerprint density at radius 1 is 1.11 bits per heavy atom. The summed E-state index contributed by atoms with van der Waals surface area (Å²) in [6.07, 6.45) is -9.30. The van der Waals surface area contributed by atoms with Gasteiger partial charge in [0, 0.05) is 21.7 Å². The van der Waals surface area contributed by atoms with Crippen LogP contribution in [0.5, 0.6) is 0 Å². The molecule has 2 aliphatic rings. The third kappa shape index (κ3) is 6.97. The van der Waals surface area contributed by atoms with Gasteiger partial charge in [-0.2, -0.15) is 18.1 Å². The first-order chi connectivity index (χ1) is 16.8. The first kappa shape index (κ1) is 29.7. The topological polar surface area (TPSA) is 77.4 Å². The standard InChI is InChI=1S/C24H29BrF4N2O5S/c1-21(2,3)35-19(32)31(20(33)36-22(4,5)6)18-30-23(15-10-14(25)7-8-16(15)26)12-34-17(24(27,28)29)9-13(23)11-37-18/h7-8,10,13,17H,9,11-12H2,1-6H3/t13-,17+,23-/m0/s1. The number of aliphatic imine (C=N–C) groups is 1. The zero-order chi connectivity index (χ0) is 28.0. The van der Waals surface area contributed by atoms with Crippen molar-refractivity contribution in [1.29, 1.82) is 0 Å². The normalized spacial score (nSPS) is 24.6. The average Bonchev–Trinajstić information content (AvgIpc) is 2.71. The molecule has 0 N–H and O–H groups in total. The van der Waals surface area contributed by atoms with E-state index < -0.39 is 66.0 Å². The van der Waals surface area contributed by atoms with E-state index in [0.717, 1.165) is 17.8 Å². The predicted molar refractivity (Wildman–Crippen MR) is 134 cm³/mol. The monoisotopic (exact) mass is 612 g/mol. The number of thioether (sulfide) groups is 1. The molecule has 2 aliphatic heterocycles. The Morgan fingerprint density at radius 3 is 2.19 bits per heavy atom. The van der Waals surface area contributed by atoms with Gasteiger partial charge in [0.1, 0.15) is 22.6 Å². The highest BCUT2D eigenvalue weighted by atomic mass is 79.9. The summed E-state index contributed by atoms with van der Waals surface area (Å²) >= 11 is 4.18. The summed E-state index contributed by atoms with van der Waals surface area (Å²) in [5.74, 6) is -1.52. The SMILES string of the molecule is CC(C)(C)OC(=O)N(C(=O)OC(C)(C)C)C1=N[C@@]2(c3cc(Br)ccc3F)CO[C@@H](C(F)(F)F)C[C@H]2CS1. The smallest absolute Gasteiger partial charge is 0.426 e. The number of rotatable bonds is 1. The second-order valence-electron chi connectivity index (χ2n) is 10.8. The second kappa shape index (κ2) is 10.4. The van der Waals surface area contributed by atoms with Crippen molar-refractivity contribution in [2.24, 2.45) is 10.9 Å². The fourth-order valence-corrected chi connectivity index (χ4v) is 5.58. The number of halogens is 5. The van der Waals surface area contributed by atoms with Crippen LogP contribution in [-0.4, -0.2) is 58.1 Å². The largest absolute Gasteiger partial charge is 0.443 e. The molecule has 0 bridgehead atoms. The lowest BCUT2D eigenvalue weighted by atomic mass is 9.75. The number of alkyl halides is 3. The minimum atomic E-state index is -4.62. The molecular formula is C24H29BrF4N2O5S. The van der Waals surface area contributed by atoms with Gasteiger partial charge in [0.2, 0.25) is 0 Å². The van der Waals surface area contributed by atoms with Crippen LogP contribution in [0.25, 0.3) is 0 Å². The lowest BCUT2D eigenvalue weighted by molar-refractivity contribution is -0.245. The van der Waals surface area contributed by atoms with Crippen LogP contribution in [0, 0.1) is 11.7 Å². The van der Waals surface area contributed by atoms with Crippen molar-refractivity contribution >= 4 is 45.0 Å². The number of ether oxygens (including phenoxy) is 3. The molecule has 2 heterocycles. The van der Waals surface area contributed by atoms with Gasteiger partial charge in [-0.05, 0) is 66.2 Å². The molecule has 1 aromatic rings. The quantitative estimate of drug-likeness (QED) is 0.317. The van der Waals surface area contributed by atoms with Crippen molar-refractivity contribution in [2.45, 2.75) is 77.0 Å². The Labute approximate surface area is 225 Å². The second-order valence-corrected chi connectivity index (χ2v) is 12.7. The highest BCUT2D eigenvalue weighted by molar-refractivity contribution is 9.10. The van der Waals surface area contributed by atoms with Gasteiger partial charge >= 0.3 is 18.4 Å². The van der Waals surface area contributed by atoms with E-state index in [4.69, 9.17) is 14.2 Å². The Morgan fingerprint density at radius 2 is 1.68 bits per heavy atom. The van der Waals surface area contributed by atoms with Crippen LogP contribution in [0.4, 0.5) is 27.2 Å². The molecule has 0 saturated carbocycles. The molecule has 3 atom stereocenters. The fourth-order valence-electron chi connectivity index (χ4n) is 3.95. The Bertz CT molecular complexity index is 1060. The van der Waals surface area contributed by atoms with E-state index in [9.17, 15) is 22.8 Å². The van der Waals surface area contributed by atoms with Gasteiger partial charge in [0.25, 0.3) is 0 Å². The van der Waals surface area contributed by atoms with Crippen molar-refractivity contribution in [3.63, 3.8) is 0 Å². The molecule has 13 heteroatoms. The van der Waals surface area contributed by atoms with Crippen LogP contribution >= 0.6 is 27.7 Å². The minimum Gasteiger partial charge on any atom is -0.443 e. The molecule has 206 valence electrons. The molecule has 0 spiro atoms. The number of carbonyl (C=O) groups excluding carboxylic acids is 2. The molecule has 37 heavy (non-hydrogen) atoms. The van der Waals surface area contributed by atoms with E-state index in [-0.39, 0.29) is 16.5 Å². The summed E-state index contributed by atoms with van der Waals surface area (Å²) in [6, 6.07) is 4.03. The molecule has 0 unspecified atom stereocenters. The number of nitrogens with zero attached hydrogens (tertiary/aromatic N) is 2. The minimum absolute atomic E-state index is 0.00280. The summed E-state index contributed by atoms with van der Waals surface area (Å²) in [5, 5.41) is -0.187. The number of benzene rings is 1. The average molecular weight is 613 g/mol. The van der Waals surface area contributed by atoms with E-state index in [0.29, 0.717) is 9.37 Å². The van der Waals surface area contributed by atoms with Gasteiger partial charge in [-0.3, -0.25) is 0 Å². The maximum absolute atomic E-state index is 15.2. The zero-order valence-corrected chi connectivity index (χ0v) is 23.6. The number of imide groups is 1. The molecule has 1 saturated heterocycles. The lowest BCUT2D eigenvalue weighted by Gasteiger charge is -2.47. The zero-order valence-electron chi connectivity index (χ0n) is 21.2. The number of hydrogen-bond donors (Lipinski definition) is 0. The summed E-state index contributed by atoms with van der Waals surface area (Å²) < 4.78 is 72.2. The van der Waals surface area contributed by atoms with Crippen molar-refractivity contribution < 1.29 is 41.4 Å². The van der Waals surface area contributed by atoms with Crippen LogP contribution in [0.3, 0.4) is 0 Å². The van der Waals surface area contributed by atoms with E-state index in [1.165, 1.54) is 12.1 Å². The van der Waals surface area contributed by atoms with Crippen LogP contribution in [-0.2, 0) is 19.7 Å². The van der Waals surface area contributed by atoms with Gasteiger partial charge in [0.05, 0.1) is 6.61 Å². The molecule has 3 rings (SSSR count). The summed E-state index contributed by atoms with van der Waals surface area (Å²) in [4.78, 5) is 31.5. The van der Waals surface area contributed by atoms with Gasteiger partial charge in [-0.1, -0.05) is 27.7 Å². The first-order valence-corrected chi connectivity index (χ1v) is 13.2. The van der Waals surface area contributed by atoms with Crippen molar-refractivity contribution in [3.05, 3.63) is 34.1 Å². The van der Waals surface area contributed by atoms with Gasteiger partial charge in [-0.15, -0.1) is 0 Å². The van der Waals surface area contributed by atoms with Crippen LogP contribution in [0.1, 0.15) is 53.5 Å². The molecule has 1 fully saturated rings. The molecule has 7 nitrogen and oxygen atoms in total. The number of hydrogen-bond acceptors (Lipinski definition) is 7. The van der Waals surface area contributed by atoms with Gasteiger partial charge < -0.3 is 14.2 Å². The Balaban J connectivity index is 2.16. The molecule has 0 radical (unpaired) electrons.